The summed E-state index contributed by atoms with van der Waals surface area (Å²) in [7, 11) is 4.88. The SMILES string of the molecule is COCCCN(C)C(=O)/C(C#N)=C\c1ccc(OC)cc1. The molecule has 5 heteroatoms. The number of methoxy groups -OCH3 is 2. The van der Waals surface area contributed by atoms with Gasteiger partial charge in [-0.3, -0.25) is 4.79 Å². The number of amides is 1. The summed E-state index contributed by atoms with van der Waals surface area (Å²) in [4.78, 5) is 13.7. The first-order valence-corrected chi connectivity index (χ1v) is 6.62. The average Bonchev–Trinajstić information content (AvgIpc) is 2.52. The van der Waals surface area contributed by atoms with E-state index in [0.29, 0.717) is 13.2 Å². The van der Waals surface area contributed by atoms with Crippen molar-refractivity contribution in [3.05, 3.63) is 35.4 Å². The smallest absolute Gasteiger partial charge is 0.264 e. The predicted octanol–water partition coefficient (Wildman–Crippen LogP) is 2.10. The molecule has 0 spiro atoms. The molecule has 1 aromatic carbocycles. The zero-order valence-electron chi connectivity index (χ0n) is 12.6. The van der Waals surface area contributed by atoms with E-state index in [1.165, 1.54) is 4.90 Å². The largest absolute Gasteiger partial charge is 0.497 e. The maximum Gasteiger partial charge on any atom is 0.264 e. The third-order valence-corrected chi connectivity index (χ3v) is 2.97. The monoisotopic (exact) mass is 288 g/mol. The summed E-state index contributed by atoms with van der Waals surface area (Å²) in [6.07, 6.45) is 2.31. The van der Waals surface area contributed by atoms with Gasteiger partial charge in [0.15, 0.2) is 0 Å². The van der Waals surface area contributed by atoms with Crippen LogP contribution in [0, 0.1) is 11.3 Å². The highest BCUT2D eigenvalue weighted by atomic mass is 16.5. The molecule has 0 saturated carbocycles. The Morgan fingerprint density at radius 1 is 1.33 bits per heavy atom. The normalized spacial score (nSPS) is 10.9. The second-order valence-electron chi connectivity index (χ2n) is 4.52. The molecule has 0 aromatic heterocycles. The van der Waals surface area contributed by atoms with Crippen molar-refractivity contribution in [2.45, 2.75) is 6.42 Å². The van der Waals surface area contributed by atoms with Gasteiger partial charge >= 0.3 is 0 Å². The third kappa shape index (κ3) is 5.28. The molecule has 0 bridgehead atoms. The number of nitriles is 1. The van der Waals surface area contributed by atoms with Gasteiger partial charge in [0, 0.05) is 27.3 Å². The van der Waals surface area contributed by atoms with Crippen molar-refractivity contribution in [1.29, 1.82) is 5.26 Å². The van der Waals surface area contributed by atoms with Gasteiger partial charge in [-0.2, -0.15) is 5.26 Å². The highest BCUT2D eigenvalue weighted by Gasteiger charge is 2.14. The highest BCUT2D eigenvalue weighted by molar-refractivity contribution is 6.01. The molecule has 0 fully saturated rings. The van der Waals surface area contributed by atoms with Crippen molar-refractivity contribution in [3.63, 3.8) is 0 Å². The van der Waals surface area contributed by atoms with Crippen molar-refractivity contribution < 1.29 is 14.3 Å². The average molecular weight is 288 g/mol. The Morgan fingerprint density at radius 3 is 2.52 bits per heavy atom. The van der Waals surface area contributed by atoms with Crippen LogP contribution in [-0.4, -0.2) is 45.2 Å². The van der Waals surface area contributed by atoms with Crippen LogP contribution >= 0.6 is 0 Å². The van der Waals surface area contributed by atoms with Crippen molar-refractivity contribution in [1.82, 2.24) is 4.90 Å². The summed E-state index contributed by atoms with van der Waals surface area (Å²) in [6.45, 7) is 1.13. The Hall–Kier alpha value is -2.32. The molecule has 1 aromatic rings. The summed E-state index contributed by atoms with van der Waals surface area (Å²) >= 11 is 0. The number of ether oxygens (including phenoxy) is 2. The Bertz CT molecular complexity index is 529. The maximum atomic E-state index is 12.2. The fourth-order valence-corrected chi connectivity index (χ4v) is 1.76. The van der Waals surface area contributed by atoms with Gasteiger partial charge in [-0.15, -0.1) is 0 Å². The molecular weight excluding hydrogens is 268 g/mol. The van der Waals surface area contributed by atoms with Crippen molar-refractivity contribution in [2.24, 2.45) is 0 Å². The van der Waals surface area contributed by atoms with Crippen LogP contribution in [-0.2, 0) is 9.53 Å². The first-order valence-electron chi connectivity index (χ1n) is 6.62. The van der Waals surface area contributed by atoms with Crippen molar-refractivity contribution in [3.8, 4) is 11.8 Å². The number of rotatable bonds is 7. The topological polar surface area (TPSA) is 62.6 Å². The van der Waals surface area contributed by atoms with E-state index in [9.17, 15) is 4.79 Å². The van der Waals surface area contributed by atoms with E-state index in [1.807, 2.05) is 6.07 Å². The maximum absolute atomic E-state index is 12.2. The molecule has 5 nitrogen and oxygen atoms in total. The lowest BCUT2D eigenvalue weighted by Crippen LogP contribution is -2.29. The van der Waals surface area contributed by atoms with Gasteiger partial charge in [-0.05, 0) is 30.2 Å². The van der Waals surface area contributed by atoms with Crippen LogP contribution in [0.15, 0.2) is 29.8 Å². The molecule has 0 atom stereocenters. The number of likely N-dealkylation sites (N-methyl/N-ethyl adjacent to an activating group) is 1. The standard InChI is InChI=1S/C16H20N2O3/c1-18(9-4-10-20-2)16(19)14(12-17)11-13-5-7-15(21-3)8-6-13/h5-8,11H,4,9-10H2,1-3H3/b14-11-. The van der Waals surface area contributed by atoms with Gasteiger partial charge in [0.1, 0.15) is 17.4 Å². The number of carbonyl (C=O) groups is 1. The molecule has 0 N–H and O–H groups in total. The Morgan fingerprint density at radius 2 is 2.00 bits per heavy atom. The van der Waals surface area contributed by atoms with Crippen LogP contribution in [0.4, 0.5) is 0 Å². The second kappa shape index (κ2) is 8.77. The van der Waals surface area contributed by atoms with Crippen LogP contribution in [0.1, 0.15) is 12.0 Å². The first-order chi connectivity index (χ1) is 10.1. The number of benzene rings is 1. The zero-order chi connectivity index (χ0) is 15.7. The van der Waals surface area contributed by atoms with Gasteiger partial charge in [0.05, 0.1) is 7.11 Å². The summed E-state index contributed by atoms with van der Waals surface area (Å²) in [5.41, 5.74) is 0.895. The van der Waals surface area contributed by atoms with Gasteiger partial charge < -0.3 is 14.4 Å². The molecule has 1 rings (SSSR count). The second-order valence-corrected chi connectivity index (χ2v) is 4.52. The first kappa shape index (κ1) is 16.7. The number of hydrogen-bond acceptors (Lipinski definition) is 4. The summed E-state index contributed by atoms with van der Waals surface area (Å²) in [5, 5.41) is 9.16. The molecule has 0 saturated heterocycles. The quantitative estimate of drug-likeness (QED) is 0.438. The molecule has 1 amide bonds. The number of carbonyl (C=O) groups excluding carboxylic acids is 1. The van der Waals surface area contributed by atoms with Crippen LogP contribution < -0.4 is 4.74 Å². The van der Waals surface area contributed by atoms with E-state index in [4.69, 9.17) is 14.7 Å². The lowest BCUT2D eigenvalue weighted by molar-refractivity contribution is -0.125. The minimum Gasteiger partial charge on any atom is -0.497 e. The third-order valence-electron chi connectivity index (χ3n) is 2.97. The molecule has 112 valence electrons. The van der Waals surface area contributed by atoms with Gasteiger partial charge in [0.25, 0.3) is 5.91 Å². The zero-order valence-corrected chi connectivity index (χ0v) is 12.6. The molecule has 0 heterocycles. The fourth-order valence-electron chi connectivity index (χ4n) is 1.76. The minimum atomic E-state index is -0.288. The Labute approximate surface area is 125 Å². The highest BCUT2D eigenvalue weighted by Crippen LogP contribution is 2.14. The summed E-state index contributed by atoms with van der Waals surface area (Å²) in [5.74, 6) is 0.443. The lowest BCUT2D eigenvalue weighted by atomic mass is 10.1. The van der Waals surface area contributed by atoms with Crippen LogP contribution in [0.5, 0.6) is 5.75 Å². The lowest BCUT2D eigenvalue weighted by Gasteiger charge is -2.16. The van der Waals surface area contributed by atoms with Crippen LogP contribution in [0.3, 0.4) is 0 Å². The van der Waals surface area contributed by atoms with E-state index >= 15 is 0 Å². The summed E-state index contributed by atoms with van der Waals surface area (Å²) in [6, 6.07) is 9.13. The van der Waals surface area contributed by atoms with E-state index in [0.717, 1.165) is 17.7 Å². The van der Waals surface area contributed by atoms with Gasteiger partial charge in [0.2, 0.25) is 0 Å². The van der Waals surface area contributed by atoms with Crippen molar-refractivity contribution >= 4 is 12.0 Å². The fraction of sp³-hybridized carbons (Fsp3) is 0.375. The van der Waals surface area contributed by atoms with Crippen LogP contribution in [0.2, 0.25) is 0 Å². The number of hydrogen-bond donors (Lipinski definition) is 0. The molecule has 0 aliphatic carbocycles. The van der Waals surface area contributed by atoms with Crippen molar-refractivity contribution in [2.75, 3.05) is 34.4 Å². The van der Waals surface area contributed by atoms with E-state index < -0.39 is 0 Å². The minimum absolute atomic E-state index is 0.111. The Balaban J connectivity index is 2.78. The van der Waals surface area contributed by atoms with E-state index in [1.54, 1.807) is 51.6 Å². The van der Waals surface area contributed by atoms with Gasteiger partial charge in [-0.25, -0.2) is 0 Å². The molecule has 0 aliphatic heterocycles. The van der Waals surface area contributed by atoms with E-state index in [-0.39, 0.29) is 11.5 Å². The summed E-state index contributed by atoms with van der Waals surface area (Å²) < 4.78 is 10.0. The molecule has 0 radical (unpaired) electrons. The molecule has 21 heavy (non-hydrogen) atoms. The molecule has 0 unspecified atom stereocenters. The predicted molar refractivity (Wildman–Crippen MR) is 80.7 cm³/mol. The molecule has 0 aliphatic rings. The van der Waals surface area contributed by atoms with Gasteiger partial charge in [-0.1, -0.05) is 12.1 Å². The molecular formula is C16H20N2O3. The van der Waals surface area contributed by atoms with E-state index in [2.05, 4.69) is 0 Å². The van der Waals surface area contributed by atoms with Crippen LogP contribution in [0.25, 0.3) is 6.08 Å². The number of nitrogens with zero attached hydrogens (tertiary/aromatic N) is 2. The Kier molecular flexibility index (Phi) is 6.99.